The summed E-state index contributed by atoms with van der Waals surface area (Å²) in [6.07, 6.45) is -0.707. The molecule has 1 aliphatic rings. The standard InChI is InChI=1S/C20H34N4O3/c1-20(2,3)27-19(26)24-17(11-15-7-5-4-6-8-15)18(25)14-22-13-16-12-21-9-10-23-16/h4-8,16-18,21-23,25H,9-14H2,1-3H3,(H,24,26)/t16?,17-,18+/m0/s1. The van der Waals surface area contributed by atoms with E-state index >= 15 is 0 Å². The number of amides is 1. The van der Waals surface area contributed by atoms with Gasteiger partial charge in [-0.3, -0.25) is 0 Å². The highest BCUT2D eigenvalue weighted by Gasteiger charge is 2.25. The van der Waals surface area contributed by atoms with Crippen LogP contribution in [0.1, 0.15) is 26.3 Å². The molecule has 0 bridgehead atoms. The topological polar surface area (TPSA) is 94.7 Å². The van der Waals surface area contributed by atoms with Gasteiger partial charge in [-0.25, -0.2) is 4.79 Å². The Balaban J connectivity index is 1.89. The first-order valence-corrected chi connectivity index (χ1v) is 9.70. The van der Waals surface area contributed by atoms with Gasteiger partial charge in [0.2, 0.25) is 0 Å². The molecule has 0 saturated carbocycles. The van der Waals surface area contributed by atoms with Crippen LogP contribution >= 0.6 is 0 Å². The third-order valence-corrected chi connectivity index (χ3v) is 4.33. The second kappa shape index (κ2) is 10.6. The van der Waals surface area contributed by atoms with Crippen molar-refractivity contribution >= 4 is 6.09 Å². The van der Waals surface area contributed by atoms with Crippen LogP contribution in [0.2, 0.25) is 0 Å². The lowest BCUT2D eigenvalue weighted by Crippen LogP contribution is -2.55. The van der Waals surface area contributed by atoms with Crippen molar-refractivity contribution in [2.45, 2.75) is 51.0 Å². The summed E-state index contributed by atoms with van der Waals surface area (Å²) in [5.41, 5.74) is 0.472. The lowest BCUT2D eigenvalue weighted by molar-refractivity contribution is 0.0422. The van der Waals surface area contributed by atoms with Crippen LogP contribution in [0.25, 0.3) is 0 Å². The molecule has 1 amide bonds. The molecule has 1 aliphatic heterocycles. The summed E-state index contributed by atoms with van der Waals surface area (Å²) in [6.45, 7) is 9.46. The molecule has 152 valence electrons. The molecule has 0 spiro atoms. The van der Waals surface area contributed by atoms with Gasteiger partial charge in [-0.1, -0.05) is 30.3 Å². The number of benzene rings is 1. The zero-order valence-electron chi connectivity index (χ0n) is 16.6. The minimum Gasteiger partial charge on any atom is -0.444 e. The number of rotatable bonds is 8. The van der Waals surface area contributed by atoms with Crippen LogP contribution in [0.15, 0.2) is 30.3 Å². The Morgan fingerprint density at radius 1 is 1.30 bits per heavy atom. The van der Waals surface area contributed by atoms with E-state index in [1.165, 1.54) is 0 Å². The SMILES string of the molecule is CC(C)(C)OC(=O)N[C@@H](Cc1ccccc1)[C@H](O)CNCC1CNCCN1. The molecule has 1 saturated heterocycles. The number of ether oxygens (including phenoxy) is 1. The zero-order chi connectivity index (χ0) is 19.7. The Bertz CT molecular complexity index is 556. The average Bonchev–Trinajstić information content (AvgIpc) is 2.61. The monoisotopic (exact) mass is 378 g/mol. The molecule has 1 heterocycles. The van der Waals surface area contributed by atoms with Crippen molar-refractivity contribution in [3.63, 3.8) is 0 Å². The maximum Gasteiger partial charge on any atom is 0.407 e. The van der Waals surface area contributed by atoms with E-state index in [1.54, 1.807) is 0 Å². The van der Waals surface area contributed by atoms with Crippen LogP contribution in [-0.2, 0) is 11.2 Å². The molecular weight excluding hydrogens is 344 g/mol. The molecule has 7 nitrogen and oxygen atoms in total. The van der Waals surface area contributed by atoms with Crippen molar-refractivity contribution in [3.05, 3.63) is 35.9 Å². The van der Waals surface area contributed by atoms with Crippen molar-refractivity contribution < 1.29 is 14.6 Å². The number of aliphatic hydroxyl groups excluding tert-OH is 1. The Hall–Kier alpha value is -1.67. The molecule has 0 aromatic heterocycles. The van der Waals surface area contributed by atoms with Gasteiger partial charge in [0.25, 0.3) is 0 Å². The number of carbonyl (C=O) groups is 1. The van der Waals surface area contributed by atoms with Gasteiger partial charge >= 0.3 is 6.09 Å². The molecule has 5 N–H and O–H groups in total. The van der Waals surface area contributed by atoms with Crippen molar-refractivity contribution in [2.75, 3.05) is 32.7 Å². The van der Waals surface area contributed by atoms with E-state index in [0.29, 0.717) is 19.0 Å². The minimum atomic E-state index is -0.728. The number of nitrogens with one attached hydrogen (secondary N) is 4. The smallest absolute Gasteiger partial charge is 0.407 e. The van der Waals surface area contributed by atoms with Crippen molar-refractivity contribution in [1.82, 2.24) is 21.3 Å². The zero-order valence-corrected chi connectivity index (χ0v) is 16.6. The normalized spacial score (nSPS) is 19.9. The quantitative estimate of drug-likeness (QED) is 0.456. The summed E-state index contributed by atoms with van der Waals surface area (Å²) in [7, 11) is 0. The second-order valence-corrected chi connectivity index (χ2v) is 8.02. The molecule has 0 radical (unpaired) electrons. The Morgan fingerprint density at radius 3 is 2.67 bits per heavy atom. The number of aliphatic hydroxyl groups is 1. The number of carbonyl (C=O) groups excluding carboxylic acids is 1. The lowest BCUT2D eigenvalue weighted by atomic mass is 10.0. The molecule has 1 unspecified atom stereocenters. The highest BCUT2D eigenvalue weighted by atomic mass is 16.6. The van der Waals surface area contributed by atoms with Crippen molar-refractivity contribution in [2.24, 2.45) is 0 Å². The molecule has 1 aromatic carbocycles. The summed E-state index contributed by atoms with van der Waals surface area (Å²) in [6, 6.07) is 9.73. The van der Waals surface area contributed by atoms with E-state index in [0.717, 1.165) is 31.7 Å². The Kier molecular flexibility index (Phi) is 8.50. The molecule has 27 heavy (non-hydrogen) atoms. The third kappa shape index (κ3) is 8.71. The van der Waals surface area contributed by atoms with Gasteiger partial charge in [-0.05, 0) is 32.8 Å². The van der Waals surface area contributed by atoms with Crippen LogP contribution in [0, 0.1) is 0 Å². The van der Waals surface area contributed by atoms with Gasteiger partial charge in [0.15, 0.2) is 0 Å². The Morgan fingerprint density at radius 2 is 2.04 bits per heavy atom. The highest BCUT2D eigenvalue weighted by Crippen LogP contribution is 2.10. The van der Waals surface area contributed by atoms with E-state index < -0.39 is 23.8 Å². The maximum absolute atomic E-state index is 12.2. The third-order valence-electron chi connectivity index (χ3n) is 4.33. The molecule has 7 heteroatoms. The van der Waals surface area contributed by atoms with E-state index in [-0.39, 0.29) is 0 Å². The van der Waals surface area contributed by atoms with Gasteiger partial charge < -0.3 is 31.1 Å². The highest BCUT2D eigenvalue weighted by molar-refractivity contribution is 5.68. The van der Waals surface area contributed by atoms with Crippen LogP contribution in [-0.4, -0.2) is 67.7 Å². The molecule has 1 aromatic rings. The number of hydrogen-bond donors (Lipinski definition) is 5. The first-order chi connectivity index (χ1) is 12.8. The number of hydrogen-bond acceptors (Lipinski definition) is 6. The van der Waals surface area contributed by atoms with Gasteiger partial charge in [0, 0.05) is 38.8 Å². The fourth-order valence-electron chi connectivity index (χ4n) is 3.02. The molecule has 0 aliphatic carbocycles. The predicted molar refractivity (Wildman–Crippen MR) is 107 cm³/mol. The summed E-state index contributed by atoms with van der Waals surface area (Å²) in [5.74, 6) is 0. The molecular formula is C20H34N4O3. The Labute approximate surface area is 162 Å². The first kappa shape index (κ1) is 21.6. The second-order valence-electron chi connectivity index (χ2n) is 8.02. The van der Waals surface area contributed by atoms with E-state index in [9.17, 15) is 9.90 Å². The van der Waals surface area contributed by atoms with Gasteiger partial charge in [-0.2, -0.15) is 0 Å². The summed E-state index contributed by atoms with van der Waals surface area (Å²) < 4.78 is 5.36. The van der Waals surface area contributed by atoms with Crippen LogP contribution < -0.4 is 21.3 Å². The minimum absolute atomic E-state index is 0.345. The lowest BCUT2D eigenvalue weighted by Gasteiger charge is -2.28. The van der Waals surface area contributed by atoms with Crippen LogP contribution in [0.4, 0.5) is 4.79 Å². The van der Waals surface area contributed by atoms with E-state index in [4.69, 9.17) is 4.74 Å². The fraction of sp³-hybridized carbons (Fsp3) is 0.650. The number of piperazine rings is 1. The summed E-state index contributed by atoms with van der Waals surface area (Å²) in [4.78, 5) is 12.2. The molecule has 2 rings (SSSR count). The number of alkyl carbamates (subject to hydrolysis) is 1. The summed E-state index contributed by atoms with van der Waals surface area (Å²) >= 11 is 0. The van der Waals surface area contributed by atoms with E-state index in [1.807, 2.05) is 51.1 Å². The fourth-order valence-corrected chi connectivity index (χ4v) is 3.02. The van der Waals surface area contributed by atoms with Crippen LogP contribution in [0.3, 0.4) is 0 Å². The first-order valence-electron chi connectivity index (χ1n) is 9.70. The van der Waals surface area contributed by atoms with E-state index in [2.05, 4.69) is 21.3 Å². The van der Waals surface area contributed by atoms with Crippen LogP contribution in [0.5, 0.6) is 0 Å². The molecule has 3 atom stereocenters. The van der Waals surface area contributed by atoms with Crippen molar-refractivity contribution in [1.29, 1.82) is 0 Å². The largest absolute Gasteiger partial charge is 0.444 e. The molecule has 1 fully saturated rings. The van der Waals surface area contributed by atoms with Gasteiger partial charge in [0.05, 0.1) is 12.1 Å². The van der Waals surface area contributed by atoms with Crippen molar-refractivity contribution in [3.8, 4) is 0 Å². The van der Waals surface area contributed by atoms with Gasteiger partial charge in [0.1, 0.15) is 5.60 Å². The summed E-state index contributed by atoms with van der Waals surface area (Å²) in [5, 5.41) is 23.6. The van der Waals surface area contributed by atoms with Gasteiger partial charge in [-0.15, -0.1) is 0 Å². The predicted octanol–water partition coefficient (Wildman–Crippen LogP) is 0.634. The average molecular weight is 379 g/mol. The maximum atomic E-state index is 12.2.